The summed E-state index contributed by atoms with van der Waals surface area (Å²) in [6.45, 7) is 3.05. The Labute approximate surface area is 160 Å². The molecular formula is C16H26O12. The highest BCUT2D eigenvalue weighted by atomic mass is 16.7. The molecule has 162 valence electrons. The van der Waals surface area contributed by atoms with E-state index in [2.05, 4.69) is 0 Å². The van der Waals surface area contributed by atoms with Gasteiger partial charge in [0.25, 0.3) is 0 Å². The molecule has 0 aromatic carbocycles. The first-order chi connectivity index (χ1) is 13.1. The molecule has 0 aromatic rings. The normalized spacial score (nSPS) is 44.0. The number of hydrogen-bond acceptors (Lipinski definition) is 12. The number of rotatable bonds is 5. The smallest absolute Gasteiger partial charge is 0.303 e. The highest BCUT2D eigenvalue weighted by Crippen LogP contribution is 2.30. The molecule has 5 N–H and O–H groups in total. The van der Waals surface area contributed by atoms with Crippen molar-refractivity contribution in [1.29, 1.82) is 0 Å². The third-order valence-electron chi connectivity index (χ3n) is 4.49. The van der Waals surface area contributed by atoms with Crippen molar-refractivity contribution in [2.24, 2.45) is 0 Å². The molecule has 0 amide bonds. The van der Waals surface area contributed by atoms with Crippen LogP contribution in [-0.2, 0) is 33.3 Å². The van der Waals surface area contributed by atoms with Crippen LogP contribution in [0.4, 0.5) is 0 Å². The van der Waals surface area contributed by atoms with Crippen molar-refractivity contribution in [2.45, 2.75) is 82.2 Å². The van der Waals surface area contributed by atoms with Gasteiger partial charge in [-0.3, -0.25) is 9.59 Å². The van der Waals surface area contributed by atoms with Gasteiger partial charge >= 0.3 is 11.9 Å². The first kappa shape index (κ1) is 22.9. The molecule has 2 rings (SSSR count). The first-order valence-electron chi connectivity index (χ1n) is 8.70. The molecule has 28 heavy (non-hydrogen) atoms. The zero-order valence-corrected chi connectivity index (χ0v) is 15.6. The van der Waals surface area contributed by atoms with E-state index in [1.165, 1.54) is 6.92 Å². The first-order valence-corrected chi connectivity index (χ1v) is 8.70. The summed E-state index contributed by atoms with van der Waals surface area (Å²) >= 11 is 0. The lowest BCUT2D eigenvalue weighted by molar-refractivity contribution is -0.353. The van der Waals surface area contributed by atoms with E-state index in [0.717, 1.165) is 13.8 Å². The fourth-order valence-electron chi connectivity index (χ4n) is 3.16. The third kappa shape index (κ3) is 4.96. The van der Waals surface area contributed by atoms with E-state index in [1.807, 2.05) is 0 Å². The number of hydrogen-bond donors (Lipinski definition) is 5. The van der Waals surface area contributed by atoms with E-state index < -0.39 is 80.0 Å². The predicted octanol–water partition coefficient (Wildman–Crippen LogP) is -3.23. The second-order valence-corrected chi connectivity index (χ2v) is 6.68. The average Bonchev–Trinajstić information content (AvgIpc) is 2.61. The fourth-order valence-corrected chi connectivity index (χ4v) is 3.16. The van der Waals surface area contributed by atoms with Crippen LogP contribution in [0.3, 0.4) is 0 Å². The van der Waals surface area contributed by atoms with Crippen molar-refractivity contribution < 1.29 is 58.8 Å². The Bertz CT molecular complexity index is 556. The molecule has 0 bridgehead atoms. The minimum Gasteiger partial charge on any atom is -0.456 e. The van der Waals surface area contributed by atoms with Gasteiger partial charge in [-0.1, -0.05) is 0 Å². The number of carbonyl (C=O) groups excluding carboxylic acids is 2. The molecule has 10 atom stereocenters. The molecule has 2 heterocycles. The average molecular weight is 410 g/mol. The predicted molar refractivity (Wildman–Crippen MR) is 86.3 cm³/mol. The van der Waals surface area contributed by atoms with Gasteiger partial charge in [0.2, 0.25) is 0 Å². The monoisotopic (exact) mass is 410 g/mol. The van der Waals surface area contributed by atoms with Crippen LogP contribution < -0.4 is 0 Å². The third-order valence-corrected chi connectivity index (χ3v) is 4.49. The van der Waals surface area contributed by atoms with E-state index in [-0.39, 0.29) is 0 Å². The van der Waals surface area contributed by atoms with Crippen LogP contribution in [0.1, 0.15) is 20.8 Å². The van der Waals surface area contributed by atoms with Crippen molar-refractivity contribution >= 4 is 11.9 Å². The summed E-state index contributed by atoms with van der Waals surface area (Å²) in [5, 5.41) is 49.8. The highest BCUT2D eigenvalue weighted by Gasteiger charge is 2.52. The second-order valence-electron chi connectivity index (χ2n) is 6.68. The Morgan fingerprint density at radius 2 is 1.43 bits per heavy atom. The van der Waals surface area contributed by atoms with Crippen molar-refractivity contribution in [1.82, 2.24) is 0 Å². The lowest BCUT2D eigenvalue weighted by atomic mass is 9.97. The molecule has 12 heteroatoms. The molecule has 2 fully saturated rings. The highest BCUT2D eigenvalue weighted by molar-refractivity contribution is 5.67. The van der Waals surface area contributed by atoms with Crippen molar-refractivity contribution in [3.05, 3.63) is 0 Å². The number of carbonyl (C=O) groups is 2. The van der Waals surface area contributed by atoms with Gasteiger partial charge in [0.1, 0.15) is 30.5 Å². The molecule has 0 radical (unpaired) electrons. The number of aliphatic hydroxyl groups is 5. The van der Waals surface area contributed by atoms with Gasteiger partial charge in [-0.2, -0.15) is 0 Å². The minimum absolute atomic E-state index is 0.667. The summed E-state index contributed by atoms with van der Waals surface area (Å²) in [6.07, 6.45) is -14.3. The quantitative estimate of drug-likeness (QED) is 0.286. The maximum atomic E-state index is 11.4. The summed E-state index contributed by atoms with van der Waals surface area (Å²) in [5.41, 5.74) is 0. The molecular weight excluding hydrogens is 384 g/mol. The molecule has 0 aromatic heterocycles. The number of aliphatic hydroxyl groups excluding tert-OH is 5. The molecule has 0 spiro atoms. The minimum atomic E-state index is -1.76. The van der Waals surface area contributed by atoms with Gasteiger partial charge in [0.05, 0.1) is 12.7 Å². The van der Waals surface area contributed by atoms with E-state index in [1.54, 1.807) is 0 Å². The Morgan fingerprint density at radius 3 is 1.96 bits per heavy atom. The van der Waals surface area contributed by atoms with Crippen LogP contribution in [0.15, 0.2) is 0 Å². The standard InChI is InChI=1S/C16H26O12/c1-5-12(25-6(2)18)14(26-7(3)19)11(22)16(24-5)28-13-9(20)8(4-17)27-15(23)10(13)21/h5,8-17,20-23H,4H2,1-3H3/t5-,8+,9+,10+,11+,12-,13-,14-,15?,16-/m0/s1. The number of ether oxygens (including phenoxy) is 5. The van der Waals surface area contributed by atoms with E-state index >= 15 is 0 Å². The largest absolute Gasteiger partial charge is 0.456 e. The summed E-state index contributed by atoms with van der Waals surface area (Å²) < 4.78 is 25.9. The lowest BCUT2D eigenvalue weighted by Gasteiger charge is -2.46. The zero-order chi connectivity index (χ0) is 21.2. The van der Waals surface area contributed by atoms with Crippen LogP contribution in [0, 0.1) is 0 Å². The Morgan fingerprint density at radius 1 is 0.857 bits per heavy atom. The fraction of sp³-hybridized carbons (Fsp3) is 0.875. The van der Waals surface area contributed by atoms with E-state index in [9.17, 15) is 35.1 Å². The Kier molecular flexibility index (Phi) is 7.70. The van der Waals surface area contributed by atoms with Crippen LogP contribution >= 0.6 is 0 Å². The summed E-state index contributed by atoms with van der Waals surface area (Å²) in [6, 6.07) is 0. The molecule has 2 aliphatic heterocycles. The van der Waals surface area contributed by atoms with Crippen molar-refractivity contribution in [3.8, 4) is 0 Å². The number of esters is 2. The molecule has 12 nitrogen and oxygen atoms in total. The Hall–Kier alpha value is -1.38. The molecule has 2 aliphatic rings. The summed E-state index contributed by atoms with van der Waals surface area (Å²) in [5.74, 6) is -1.44. The van der Waals surface area contributed by atoms with Gasteiger partial charge in [0.15, 0.2) is 24.8 Å². The van der Waals surface area contributed by atoms with Crippen LogP contribution in [0.2, 0.25) is 0 Å². The summed E-state index contributed by atoms with van der Waals surface area (Å²) in [4.78, 5) is 22.7. The SMILES string of the molecule is CC(=O)O[C@@H]1[C@@H](OC(C)=O)[C@@H](O)[C@H](O[C@H]2[C@H](O)[C@@H](CO)OC(O)[C@@H]2O)O[C@H]1C. The van der Waals surface area contributed by atoms with Gasteiger partial charge in [-0.05, 0) is 6.92 Å². The Balaban J connectivity index is 2.20. The molecule has 0 aliphatic carbocycles. The lowest BCUT2D eigenvalue weighted by Crippen LogP contribution is -2.64. The topological polar surface area (TPSA) is 181 Å². The van der Waals surface area contributed by atoms with Gasteiger partial charge < -0.3 is 49.2 Å². The van der Waals surface area contributed by atoms with Crippen molar-refractivity contribution in [2.75, 3.05) is 6.61 Å². The zero-order valence-electron chi connectivity index (χ0n) is 15.6. The maximum Gasteiger partial charge on any atom is 0.303 e. The molecule has 1 unspecified atom stereocenters. The van der Waals surface area contributed by atoms with Crippen molar-refractivity contribution in [3.63, 3.8) is 0 Å². The molecule has 0 saturated carbocycles. The van der Waals surface area contributed by atoms with Gasteiger partial charge in [-0.15, -0.1) is 0 Å². The summed E-state index contributed by atoms with van der Waals surface area (Å²) in [7, 11) is 0. The van der Waals surface area contributed by atoms with Crippen LogP contribution in [0.25, 0.3) is 0 Å². The van der Waals surface area contributed by atoms with E-state index in [0.29, 0.717) is 0 Å². The van der Waals surface area contributed by atoms with Crippen LogP contribution in [0.5, 0.6) is 0 Å². The van der Waals surface area contributed by atoms with E-state index in [4.69, 9.17) is 23.7 Å². The van der Waals surface area contributed by atoms with Crippen LogP contribution in [-0.4, -0.2) is 105 Å². The van der Waals surface area contributed by atoms with Gasteiger partial charge in [0, 0.05) is 13.8 Å². The van der Waals surface area contributed by atoms with Gasteiger partial charge in [-0.25, -0.2) is 0 Å². The maximum absolute atomic E-state index is 11.4. The molecule has 2 saturated heterocycles. The second kappa shape index (κ2) is 9.41.